The molecule has 1 aromatic heterocycles. The fourth-order valence-corrected chi connectivity index (χ4v) is 2.60. The average Bonchev–Trinajstić information content (AvgIpc) is 2.85. The minimum Gasteiger partial charge on any atom is -0.496 e. The first-order valence-corrected chi connectivity index (χ1v) is 6.90. The molecule has 0 spiro atoms. The average molecular weight is 268 g/mol. The monoisotopic (exact) mass is 267 g/mol. The molecule has 1 heterocycles. The molecule has 0 saturated heterocycles. The third kappa shape index (κ3) is 2.99. The van der Waals surface area contributed by atoms with Crippen LogP contribution in [0.4, 0.5) is 0 Å². The molecule has 1 aromatic carbocycles. The molecule has 4 heteroatoms. The quantitative estimate of drug-likeness (QED) is 0.764. The van der Waals surface area contributed by atoms with Crippen molar-refractivity contribution in [1.29, 1.82) is 0 Å². The Morgan fingerprint density at radius 3 is 2.94 bits per heavy atom. The van der Waals surface area contributed by atoms with E-state index in [1.807, 2.05) is 24.3 Å². The van der Waals surface area contributed by atoms with Crippen LogP contribution < -0.4 is 4.74 Å². The highest BCUT2D eigenvalue weighted by Gasteiger charge is 2.08. The molecular formula is C13H14ClNOS. The number of hydrogen-bond donors (Lipinski definition) is 0. The molecule has 2 aromatic rings. The number of benzene rings is 1. The summed E-state index contributed by atoms with van der Waals surface area (Å²) in [6.45, 7) is 0. The number of para-hydroxylation sites is 1. The van der Waals surface area contributed by atoms with Crippen molar-refractivity contribution in [3.05, 3.63) is 34.7 Å². The van der Waals surface area contributed by atoms with E-state index in [0.717, 1.165) is 34.9 Å². The van der Waals surface area contributed by atoms with Crippen LogP contribution in [0, 0.1) is 0 Å². The van der Waals surface area contributed by atoms with Gasteiger partial charge < -0.3 is 4.74 Å². The van der Waals surface area contributed by atoms with Gasteiger partial charge in [0.15, 0.2) is 0 Å². The Labute approximate surface area is 110 Å². The maximum Gasteiger partial charge on any atom is 0.128 e. The number of nitrogens with zero attached hydrogens (tertiary/aromatic N) is 1. The summed E-state index contributed by atoms with van der Waals surface area (Å²) < 4.78 is 5.33. The van der Waals surface area contributed by atoms with Crippen LogP contribution in [-0.2, 0) is 6.42 Å². The van der Waals surface area contributed by atoms with Crippen molar-refractivity contribution in [3.8, 4) is 17.0 Å². The number of alkyl halides is 1. The maximum atomic E-state index is 5.68. The second kappa shape index (κ2) is 6.03. The van der Waals surface area contributed by atoms with Crippen molar-refractivity contribution < 1.29 is 4.74 Å². The molecule has 0 saturated carbocycles. The lowest BCUT2D eigenvalue weighted by Gasteiger charge is -2.04. The van der Waals surface area contributed by atoms with Gasteiger partial charge in [-0.3, -0.25) is 0 Å². The smallest absolute Gasteiger partial charge is 0.128 e. The predicted octanol–water partition coefficient (Wildman–Crippen LogP) is 3.99. The number of hydrogen-bond acceptors (Lipinski definition) is 3. The zero-order valence-electron chi connectivity index (χ0n) is 9.65. The van der Waals surface area contributed by atoms with E-state index in [1.165, 1.54) is 0 Å². The summed E-state index contributed by atoms with van der Waals surface area (Å²) in [5.41, 5.74) is 2.03. The number of aryl methyl sites for hydroxylation is 1. The molecule has 0 N–H and O–H groups in total. The minimum atomic E-state index is 0.684. The normalized spacial score (nSPS) is 10.5. The highest BCUT2D eigenvalue weighted by atomic mass is 35.5. The highest BCUT2D eigenvalue weighted by molar-refractivity contribution is 7.09. The van der Waals surface area contributed by atoms with Gasteiger partial charge in [-0.05, 0) is 18.6 Å². The Kier molecular flexibility index (Phi) is 4.40. The molecule has 0 unspecified atom stereocenters. The van der Waals surface area contributed by atoms with E-state index in [9.17, 15) is 0 Å². The zero-order chi connectivity index (χ0) is 12.1. The summed E-state index contributed by atoms with van der Waals surface area (Å²) in [5.74, 6) is 1.55. The maximum absolute atomic E-state index is 5.68. The van der Waals surface area contributed by atoms with Crippen molar-refractivity contribution in [2.75, 3.05) is 13.0 Å². The molecule has 2 nitrogen and oxygen atoms in total. The summed E-state index contributed by atoms with van der Waals surface area (Å²) in [6, 6.07) is 7.94. The lowest BCUT2D eigenvalue weighted by molar-refractivity contribution is 0.416. The Morgan fingerprint density at radius 2 is 2.18 bits per heavy atom. The Bertz CT molecular complexity index is 484. The fourth-order valence-electron chi connectivity index (χ4n) is 1.62. The largest absolute Gasteiger partial charge is 0.496 e. The van der Waals surface area contributed by atoms with Gasteiger partial charge in [0.1, 0.15) is 5.75 Å². The topological polar surface area (TPSA) is 22.1 Å². The van der Waals surface area contributed by atoms with Crippen molar-refractivity contribution in [3.63, 3.8) is 0 Å². The number of methoxy groups -OCH3 is 1. The van der Waals surface area contributed by atoms with Crippen LogP contribution in [0.1, 0.15) is 11.4 Å². The number of aromatic nitrogens is 1. The molecular weight excluding hydrogens is 254 g/mol. The van der Waals surface area contributed by atoms with Gasteiger partial charge in [-0.1, -0.05) is 12.1 Å². The summed E-state index contributed by atoms with van der Waals surface area (Å²) in [6.07, 6.45) is 1.92. The van der Waals surface area contributed by atoms with Crippen LogP contribution in [0.5, 0.6) is 5.75 Å². The molecule has 17 heavy (non-hydrogen) atoms. The van der Waals surface area contributed by atoms with Gasteiger partial charge in [0.25, 0.3) is 0 Å². The molecule has 0 atom stereocenters. The second-order valence-corrected chi connectivity index (χ2v) is 4.94. The number of ether oxygens (including phenoxy) is 1. The first-order chi connectivity index (χ1) is 8.35. The summed E-state index contributed by atoms with van der Waals surface area (Å²) in [4.78, 5) is 4.61. The van der Waals surface area contributed by atoms with Gasteiger partial charge in [-0.15, -0.1) is 22.9 Å². The van der Waals surface area contributed by atoms with E-state index in [4.69, 9.17) is 16.3 Å². The predicted molar refractivity (Wildman–Crippen MR) is 73.1 cm³/mol. The van der Waals surface area contributed by atoms with Crippen LogP contribution >= 0.6 is 22.9 Å². The molecule has 0 radical (unpaired) electrons. The number of rotatable bonds is 5. The van der Waals surface area contributed by atoms with E-state index >= 15 is 0 Å². The summed E-state index contributed by atoms with van der Waals surface area (Å²) in [7, 11) is 1.68. The van der Waals surface area contributed by atoms with Crippen LogP contribution in [0.15, 0.2) is 29.6 Å². The summed E-state index contributed by atoms with van der Waals surface area (Å²) >= 11 is 7.36. The van der Waals surface area contributed by atoms with Crippen molar-refractivity contribution in [1.82, 2.24) is 4.98 Å². The zero-order valence-corrected chi connectivity index (χ0v) is 11.2. The van der Waals surface area contributed by atoms with Crippen molar-refractivity contribution >= 4 is 22.9 Å². The van der Waals surface area contributed by atoms with Gasteiger partial charge in [-0.25, -0.2) is 4.98 Å². The molecule has 2 rings (SSSR count). The van der Waals surface area contributed by atoms with Crippen LogP contribution in [0.3, 0.4) is 0 Å². The first-order valence-electron chi connectivity index (χ1n) is 5.49. The van der Waals surface area contributed by atoms with E-state index in [1.54, 1.807) is 18.4 Å². The van der Waals surface area contributed by atoms with E-state index in [2.05, 4.69) is 10.4 Å². The Balaban J connectivity index is 2.24. The van der Waals surface area contributed by atoms with E-state index in [-0.39, 0.29) is 0 Å². The minimum absolute atomic E-state index is 0.684. The number of halogens is 1. The SMILES string of the molecule is COc1ccccc1-c1csc(CCCCl)n1. The Morgan fingerprint density at radius 1 is 1.35 bits per heavy atom. The van der Waals surface area contributed by atoms with Gasteiger partial charge in [0.05, 0.1) is 17.8 Å². The standard InChI is InChI=1S/C13H14ClNOS/c1-16-12-6-3-2-5-10(12)11-9-17-13(15-11)7-4-8-14/h2-3,5-6,9H,4,7-8H2,1H3. The van der Waals surface area contributed by atoms with Crippen LogP contribution in [-0.4, -0.2) is 18.0 Å². The van der Waals surface area contributed by atoms with E-state index < -0.39 is 0 Å². The molecule has 0 aliphatic carbocycles. The Hall–Kier alpha value is -1.06. The van der Waals surface area contributed by atoms with Gasteiger partial charge >= 0.3 is 0 Å². The third-order valence-electron chi connectivity index (χ3n) is 2.46. The van der Waals surface area contributed by atoms with Crippen molar-refractivity contribution in [2.45, 2.75) is 12.8 Å². The van der Waals surface area contributed by atoms with Gasteiger partial charge in [-0.2, -0.15) is 0 Å². The second-order valence-electron chi connectivity index (χ2n) is 3.62. The van der Waals surface area contributed by atoms with Gasteiger partial charge in [0.2, 0.25) is 0 Å². The molecule has 0 fully saturated rings. The molecule has 0 aliphatic rings. The lowest BCUT2D eigenvalue weighted by atomic mass is 10.1. The lowest BCUT2D eigenvalue weighted by Crippen LogP contribution is -1.89. The molecule has 0 bridgehead atoms. The molecule has 90 valence electrons. The van der Waals surface area contributed by atoms with Crippen molar-refractivity contribution in [2.24, 2.45) is 0 Å². The fraction of sp³-hybridized carbons (Fsp3) is 0.308. The molecule has 0 aliphatic heterocycles. The molecule has 0 amide bonds. The van der Waals surface area contributed by atoms with Gasteiger partial charge in [0, 0.05) is 23.2 Å². The van der Waals surface area contributed by atoms with Crippen LogP contribution in [0.2, 0.25) is 0 Å². The highest BCUT2D eigenvalue weighted by Crippen LogP contribution is 2.30. The van der Waals surface area contributed by atoms with Crippen LogP contribution in [0.25, 0.3) is 11.3 Å². The first kappa shape index (κ1) is 12.4. The summed E-state index contributed by atoms with van der Waals surface area (Å²) in [5, 5.41) is 3.20. The third-order valence-corrected chi connectivity index (χ3v) is 3.63. The number of thiazole rings is 1. The van der Waals surface area contributed by atoms with E-state index in [0.29, 0.717) is 5.88 Å².